The van der Waals surface area contributed by atoms with E-state index in [2.05, 4.69) is 15.2 Å². The Balaban J connectivity index is 1.51. The normalized spacial score (nSPS) is 23.5. The van der Waals surface area contributed by atoms with Crippen molar-refractivity contribution in [2.24, 2.45) is 0 Å². The van der Waals surface area contributed by atoms with Crippen LogP contribution in [0, 0.1) is 6.92 Å². The Labute approximate surface area is 184 Å². The average molecular weight is 430 g/mol. The zero-order valence-electron chi connectivity index (χ0n) is 18.6. The van der Waals surface area contributed by atoms with E-state index in [1.165, 1.54) is 19.3 Å². The number of nitrogens with one attached hydrogen (secondary N) is 1. The number of ether oxygens (including phenoxy) is 1. The Morgan fingerprint density at radius 3 is 2.58 bits per heavy atom. The summed E-state index contributed by atoms with van der Waals surface area (Å²) in [5, 5.41) is 3.24. The van der Waals surface area contributed by atoms with Crippen LogP contribution in [0.1, 0.15) is 79.3 Å². The molecule has 1 aromatic rings. The van der Waals surface area contributed by atoms with E-state index in [9.17, 15) is 9.59 Å². The van der Waals surface area contributed by atoms with Gasteiger partial charge in [0.1, 0.15) is 5.82 Å². The first-order valence-corrected chi connectivity index (χ1v) is 11.9. The molecule has 2 aliphatic heterocycles. The predicted octanol–water partition coefficient (Wildman–Crippen LogP) is 2.23. The molecule has 8 heteroatoms. The highest BCUT2D eigenvalue weighted by atomic mass is 16.5. The van der Waals surface area contributed by atoms with E-state index in [1.54, 1.807) is 6.20 Å². The minimum atomic E-state index is -0.0347. The van der Waals surface area contributed by atoms with Crippen molar-refractivity contribution < 1.29 is 14.3 Å². The molecule has 1 N–H and O–H groups in total. The highest BCUT2D eigenvalue weighted by molar-refractivity contribution is 5.95. The second-order valence-electron chi connectivity index (χ2n) is 9.01. The number of likely N-dealkylation sites (tertiary alicyclic amines) is 1. The van der Waals surface area contributed by atoms with Crippen LogP contribution >= 0.6 is 0 Å². The van der Waals surface area contributed by atoms with Crippen molar-refractivity contribution in [3.8, 4) is 0 Å². The highest BCUT2D eigenvalue weighted by Crippen LogP contribution is 2.32. The molecular formula is C23H35N5O3. The summed E-state index contributed by atoms with van der Waals surface area (Å²) < 4.78 is 5.40. The second-order valence-corrected chi connectivity index (χ2v) is 9.01. The van der Waals surface area contributed by atoms with Gasteiger partial charge >= 0.3 is 0 Å². The van der Waals surface area contributed by atoms with Gasteiger partial charge in [-0.2, -0.15) is 0 Å². The Morgan fingerprint density at radius 1 is 1.06 bits per heavy atom. The van der Waals surface area contributed by atoms with Crippen LogP contribution in [0.3, 0.4) is 0 Å². The molecule has 170 valence electrons. The Hall–Kier alpha value is -2.06. The highest BCUT2D eigenvalue weighted by Gasteiger charge is 2.32. The molecule has 2 amide bonds. The number of carbonyl (C=O) groups excluding carboxylic acids is 2. The average Bonchev–Trinajstić information content (AvgIpc) is 2.80. The molecule has 0 radical (unpaired) electrons. The minimum absolute atomic E-state index is 0.0320. The molecule has 4 rings (SSSR count). The maximum absolute atomic E-state index is 13.3. The van der Waals surface area contributed by atoms with Crippen LogP contribution in [0.5, 0.6) is 0 Å². The van der Waals surface area contributed by atoms with Crippen molar-refractivity contribution in [1.29, 1.82) is 0 Å². The predicted molar refractivity (Wildman–Crippen MR) is 117 cm³/mol. The topological polar surface area (TPSA) is 87.7 Å². The van der Waals surface area contributed by atoms with Crippen LogP contribution in [0.15, 0.2) is 6.20 Å². The third kappa shape index (κ3) is 5.60. The molecular weight excluding hydrogens is 394 g/mol. The number of nitrogens with zero attached hydrogens (tertiary/aromatic N) is 4. The van der Waals surface area contributed by atoms with E-state index < -0.39 is 0 Å². The molecule has 3 heterocycles. The van der Waals surface area contributed by atoms with Gasteiger partial charge in [0.15, 0.2) is 0 Å². The van der Waals surface area contributed by atoms with Crippen LogP contribution in [0.25, 0.3) is 0 Å². The van der Waals surface area contributed by atoms with E-state index in [4.69, 9.17) is 9.72 Å². The summed E-state index contributed by atoms with van der Waals surface area (Å²) in [7, 11) is 0. The number of hydrogen-bond acceptors (Lipinski definition) is 6. The molecule has 0 bridgehead atoms. The summed E-state index contributed by atoms with van der Waals surface area (Å²) in [5.74, 6) is 0.715. The number of hydrogen-bond donors (Lipinski definition) is 1. The lowest BCUT2D eigenvalue weighted by Gasteiger charge is -2.36. The summed E-state index contributed by atoms with van der Waals surface area (Å²) in [5.41, 5.74) is 1.34. The monoisotopic (exact) mass is 429 g/mol. The summed E-state index contributed by atoms with van der Waals surface area (Å²) in [6.45, 7) is 5.35. The quantitative estimate of drug-likeness (QED) is 0.772. The first-order valence-electron chi connectivity index (χ1n) is 11.9. The number of morpholine rings is 1. The zero-order valence-corrected chi connectivity index (χ0v) is 18.6. The number of aryl methyl sites for hydroxylation is 1. The van der Waals surface area contributed by atoms with E-state index in [-0.39, 0.29) is 17.9 Å². The third-order valence-corrected chi connectivity index (χ3v) is 6.71. The smallest absolute Gasteiger partial charge is 0.257 e. The summed E-state index contributed by atoms with van der Waals surface area (Å²) in [6.07, 6.45) is 10.5. The van der Waals surface area contributed by atoms with Crippen molar-refractivity contribution in [2.45, 2.75) is 70.4 Å². The lowest BCUT2D eigenvalue weighted by molar-refractivity contribution is -0.124. The van der Waals surface area contributed by atoms with Crippen LogP contribution < -0.4 is 5.32 Å². The first kappa shape index (κ1) is 22.1. The number of amides is 2. The van der Waals surface area contributed by atoms with Crippen molar-refractivity contribution in [3.63, 3.8) is 0 Å². The molecule has 0 spiro atoms. The van der Waals surface area contributed by atoms with Gasteiger partial charge < -0.3 is 15.0 Å². The molecule has 1 aromatic heterocycles. The van der Waals surface area contributed by atoms with Gasteiger partial charge in [-0.3, -0.25) is 14.5 Å². The summed E-state index contributed by atoms with van der Waals surface area (Å²) >= 11 is 0. The molecule has 1 saturated carbocycles. The van der Waals surface area contributed by atoms with Crippen LogP contribution in [0.2, 0.25) is 0 Å². The van der Waals surface area contributed by atoms with E-state index in [1.807, 2.05) is 11.8 Å². The Kier molecular flexibility index (Phi) is 7.50. The van der Waals surface area contributed by atoms with Gasteiger partial charge in [-0.15, -0.1) is 0 Å². The summed E-state index contributed by atoms with van der Waals surface area (Å²) in [4.78, 5) is 39.2. The van der Waals surface area contributed by atoms with Gasteiger partial charge in [0, 0.05) is 25.3 Å². The van der Waals surface area contributed by atoms with E-state index >= 15 is 0 Å². The first-order chi connectivity index (χ1) is 15.1. The Bertz CT molecular complexity index is 774. The van der Waals surface area contributed by atoms with E-state index in [0.717, 1.165) is 44.3 Å². The number of rotatable bonds is 5. The fourth-order valence-corrected chi connectivity index (χ4v) is 5.04. The molecule has 2 saturated heterocycles. The third-order valence-electron chi connectivity index (χ3n) is 6.71. The molecule has 31 heavy (non-hydrogen) atoms. The van der Waals surface area contributed by atoms with Gasteiger partial charge in [0.2, 0.25) is 5.91 Å². The molecule has 3 aliphatic rings. The molecule has 8 nitrogen and oxygen atoms in total. The molecule has 1 aliphatic carbocycles. The summed E-state index contributed by atoms with van der Waals surface area (Å²) in [6, 6.07) is 0.275. The molecule has 1 atom stereocenters. The standard InChI is InChI=1S/C23H35N5O3/c1-17-24-15-19(23(30)27-11-13-31-14-12-27)22(25-17)20-9-5-6-10-28(20)16-21(29)26-18-7-3-2-4-8-18/h15,18,20H,2-14,16H2,1H3,(H,26,29)/t20-/m1/s1. The van der Waals surface area contributed by atoms with Gasteiger partial charge in [0.25, 0.3) is 5.91 Å². The van der Waals surface area contributed by atoms with Gasteiger partial charge in [-0.25, -0.2) is 9.97 Å². The number of piperidine rings is 1. The number of aromatic nitrogens is 2. The fourth-order valence-electron chi connectivity index (χ4n) is 5.04. The van der Waals surface area contributed by atoms with Crippen molar-refractivity contribution in [1.82, 2.24) is 25.1 Å². The minimum Gasteiger partial charge on any atom is -0.378 e. The Morgan fingerprint density at radius 2 is 1.81 bits per heavy atom. The molecule has 0 aromatic carbocycles. The maximum atomic E-state index is 13.3. The van der Waals surface area contributed by atoms with Crippen molar-refractivity contribution >= 4 is 11.8 Å². The zero-order chi connectivity index (χ0) is 21.6. The second kappa shape index (κ2) is 10.5. The van der Waals surface area contributed by atoms with Crippen LogP contribution in [-0.4, -0.2) is 77.0 Å². The lowest BCUT2D eigenvalue weighted by atomic mass is 9.95. The fraction of sp³-hybridized carbons (Fsp3) is 0.739. The van der Waals surface area contributed by atoms with Crippen molar-refractivity contribution in [2.75, 3.05) is 39.4 Å². The van der Waals surface area contributed by atoms with Gasteiger partial charge in [0.05, 0.1) is 37.1 Å². The molecule has 0 unspecified atom stereocenters. The maximum Gasteiger partial charge on any atom is 0.257 e. The lowest BCUT2D eigenvalue weighted by Crippen LogP contribution is -2.46. The number of carbonyl (C=O) groups is 2. The van der Waals surface area contributed by atoms with Crippen LogP contribution in [-0.2, 0) is 9.53 Å². The largest absolute Gasteiger partial charge is 0.378 e. The molecule has 3 fully saturated rings. The van der Waals surface area contributed by atoms with Crippen LogP contribution in [0.4, 0.5) is 0 Å². The van der Waals surface area contributed by atoms with E-state index in [0.29, 0.717) is 50.3 Å². The van der Waals surface area contributed by atoms with Gasteiger partial charge in [-0.05, 0) is 39.2 Å². The van der Waals surface area contributed by atoms with Crippen molar-refractivity contribution in [3.05, 3.63) is 23.3 Å². The van der Waals surface area contributed by atoms with Gasteiger partial charge in [-0.1, -0.05) is 25.7 Å². The SMILES string of the molecule is Cc1ncc(C(=O)N2CCOCC2)c([C@H]2CCCCN2CC(=O)NC2CCCCC2)n1.